The summed E-state index contributed by atoms with van der Waals surface area (Å²) in [4.78, 5) is 14.9. The summed E-state index contributed by atoms with van der Waals surface area (Å²) in [5.41, 5.74) is 5.76. The molecule has 1 N–H and O–H groups in total. The Morgan fingerprint density at radius 3 is 2.27 bits per heavy atom. The second-order valence-electron chi connectivity index (χ2n) is 7.99. The molecule has 3 nitrogen and oxygen atoms in total. The molecule has 2 aromatic carbocycles. The number of amides is 2. The van der Waals surface area contributed by atoms with Gasteiger partial charge in [-0.2, -0.15) is 0 Å². The maximum Gasteiger partial charge on any atom is 0.323 e. The molecule has 2 aromatic rings. The highest BCUT2D eigenvalue weighted by Gasteiger charge is 2.31. The molecule has 1 fully saturated rings. The number of aryl methyl sites for hydroxylation is 2. The number of benzene rings is 2. The number of carbonyl (C=O) groups excluding carboxylic acids is 1. The van der Waals surface area contributed by atoms with Crippen LogP contribution in [0.1, 0.15) is 48.4 Å². The van der Waals surface area contributed by atoms with Crippen LogP contribution in [0.3, 0.4) is 0 Å². The maximum atomic E-state index is 12.9. The van der Waals surface area contributed by atoms with E-state index in [0.717, 1.165) is 29.1 Å². The number of anilines is 1. The second kappa shape index (κ2) is 7.36. The molecule has 0 bridgehead atoms. The zero-order valence-electron chi connectivity index (χ0n) is 16.3. The van der Waals surface area contributed by atoms with Crippen LogP contribution in [-0.2, 0) is 5.41 Å². The number of para-hydroxylation sites is 1. The van der Waals surface area contributed by atoms with E-state index in [9.17, 15) is 4.79 Å². The molecule has 0 saturated carbocycles. The smallest absolute Gasteiger partial charge is 0.308 e. The predicted octanol–water partition coefficient (Wildman–Crippen LogP) is 5.88. The monoisotopic (exact) mass is 368 g/mol. The van der Waals surface area contributed by atoms with E-state index in [4.69, 9.17) is 0 Å². The molecule has 0 radical (unpaired) electrons. The Morgan fingerprint density at radius 1 is 1.08 bits per heavy atom. The number of rotatable bonds is 2. The molecule has 26 heavy (non-hydrogen) atoms. The van der Waals surface area contributed by atoms with Crippen molar-refractivity contribution in [3.63, 3.8) is 0 Å². The Kier molecular flexibility index (Phi) is 5.33. The molecule has 0 spiro atoms. The van der Waals surface area contributed by atoms with Crippen molar-refractivity contribution >= 4 is 23.5 Å². The van der Waals surface area contributed by atoms with Crippen LogP contribution in [0.5, 0.6) is 0 Å². The summed E-state index contributed by atoms with van der Waals surface area (Å²) in [6, 6.07) is 14.8. The first-order valence-corrected chi connectivity index (χ1v) is 10.2. The fourth-order valence-corrected chi connectivity index (χ4v) is 4.55. The predicted molar refractivity (Wildman–Crippen MR) is 112 cm³/mol. The number of hydrogen-bond donors (Lipinski definition) is 1. The summed E-state index contributed by atoms with van der Waals surface area (Å²) < 4.78 is 0. The molecule has 2 amide bonds. The minimum atomic E-state index is -0.0164. The molecule has 1 aliphatic heterocycles. The molecule has 1 atom stereocenters. The second-order valence-corrected chi connectivity index (χ2v) is 9.17. The number of hydrogen-bond acceptors (Lipinski definition) is 2. The third kappa shape index (κ3) is 3.90. The van der Waals surface area contributed by atoms with Gasteiger partial charge in [0.2, 0.25) is 0 Å². The van der Waals surface area contributed by atoms with Gasteiger partial charge in [-0.25, -0.2) is 4.79 Å². The van der Waals surface area contributed by atoms with Gasteiger partial charge in [-0.15, -0.1) is 11.8 Å². The van der Waals surface area contributed by atoms with Crippen LogP contribution in [0.15, 0.2) is 42.5 Å². The zero-order valence-corrected chi connectivity index (χ0v) is 17.1. The fraction of sp³-hybridized carbons (Fsp3) is 0.409. The van der Waals surface area contributed by atoms with Crippen molar-refractivity contribution in [2.45, 2.75) is 45.4 Å². The molecule has 0 aliphatic carbocycles. The number of urea groups is 1. The highest BCUT2D eigenvalue weighted by atomic mass is 32.2. The summed E-state index contributed by atoms with van der Waals surface area (Å²) in [5.74, 6) is 0.964. The Bertz CT molecular complexity index is 773. The van der Waals surface area contributed by atoms with Crippen molar-refractivity contribution in [2.75, 3.05) is 17.6 Å². The summed E-state index contributed by atoms with van der Waals surface area (Å²) in [7, 11) is 0. The van der Waals surface area contributed by atoms with Crippen LogP contribution in [0.25, 0.3) is 0 Å². The number of nitrogens with one attached hydrogen (secondary N) is 1. The summed E-state index contributed by atoms with van der Waals surface area (Å²) in [5, 5.41) is 3.21. The van der Waals surface area contributed by atoms with Crippen LogP contribution in [0.4, 0.5) is 10.5 Å². The quantitative estimate of drug-likeness (QED) is 0.718. The Labute approximate surface area is 161 Å². The minimum absolute atomic E-state index is 0.0164. The average Bonchev–Trinajstić information content (AvgIpc) is 3.07. The van der Waals surface area contributed by atoms with Crippen molar-refractivity contribution < 1.29 is 4.79 Å². The van der Waals surface area contributed by atoms with Crippen LogP contribution >= 0.6 is 11.8 Å². The maximum absolute atomic E-state index is 12.9. The van der Waals surface area contributed by atoms with Crippen molar-refractivity contribution in [1.82, 2.24) is 4.90 Å². The molecule has 138 valence electrons. The number of nitrogens with zero attached hydrogens (tertiary/aromatic N) is 1. The van der Waals surface area contributed by atoms with Gasteiger partial charge in [0, 0.05) is 18.0 Å². The van der Waals surface area contributed by atoms with Crippen molar-refractivity contribution in [1.29, 1.82) is 0 Å². The topological polar surface area (TPSA) is 32.3 Å². The van der Waals surface area contributed by atoms with Crippen LogP contribution in [0, 0.1) is 13.8 Å². The van der Waals surface area contributed by atoms with Gasteiger partial charge in [0.1, 0.15) is 5.37 Å². The van der Waals surface area contributed by atoms with Gasteiger partial charge in [0.15, 0.2) is 0 Å². The first-order chi connectivity index (χ1) is 12.3. The van der Waals surface area contributed by atoms with E-state index >= 15 is 0 Å². The molecule has 1 heterocycles. The van der Waals surface area contributed by atoms with E-state index in [2.05, 4.69) is 50.4 Å². The molecule has 1 aliphatic rings. The van der Waals surface area contributed by atoms with Crippen molar-refractivity contribution in [3.8, 4) is 0 Å². The first kappa shape index (κ1) is 18.8. The lowest BCUT2D eigenvalue weighted by atomic mass is 9.87. The van der Waals surface area contributed by atoms with Gasteiger partial charge in [-0.3, -0.25) is 0 Å². The molecule has 4 heteroatoms. The third-order valence-corrected chi connectivity index (χ3v) is 6.19. The Morgan fingerprint density at radius 2 is 1.69 bits per heavy atom. The van der Waals surface area contributed by atoms with Crippen LogP contribution in [-0.4, -0.2) is 23.2 Å². The summed E-state index contributed by atoms with van der Waals surface area (Å²) >= 11 is 1.83. The van der Waals surface area contributed by atoms with E-state index in [-0.39, 0.29) is 16.8 Å². The van der Waals surface area contributed by atoms with E-state index in [0.29, 0.717) is 0 Å². The number of carbonyl (C=O) groups is 1. The van der Waals surface area contributed by atoms with E-state index in [1.54, 1.807) is 0 Å². The van der Waals surface area contributed by atoms with E-state index < -0.39 is 0 Å². The van der Waals surface area contributed by atoms with Gasteiger partial charge >= 0.3 is 6.03 Å². The van der Waals surface area contributed by atoms with Crippen molar-refractivity contribution in [2.24, 2.45) is 0 Å². The number of thioether (sulfide) groups is 1. The van der Waals surface area contributed by atoms with Gasteiger partial charge in [0.05, 0.1) is 0 Å². The molecule has 0 unspecified atom stereocenters. The SMILES string of the molecule is Cc1cccc(C)c1NC(=O)N1CCS[C@@H]1c1ccc(C(C)(C)C)cc1. The summed E-state index contributed by atoms with van der Waals surface area (Å²) in [6.07, 6.45) is 0. The summed E-state index contributed by atoms with van der Waals surface area (Å²) in [6.45, 7) is 11.5. The fourth-order valence-electron chi connectivity index (χ4n) is 3.29. The van der Waals surface area contributed by atoms with Gasteiger partial charge < -0.3 is 10.2 Å². The Balaban J connectivity index is 1.78. The molecule has 3 rings (SSSR count). The van der Waals surface area contributed by atoms with Gasteiger partial charge in [-0.1, -0.05) is 63.2 Å². The lowest BCUT2D eigenvalue weighted by Gasteiger charge is -2.26. The Hall–Kier alpha value is -1.94. The highest BCUT2D eigenvalue weighted by Crippen LogP contribution is 2.39. The van der Waals surface area contributed by atoms with Crippen LogP contribution in [0.2, 0.25) is 0 Å². The highest BCUT2D eigenvalue weighted by molar-refractivity contribution is 7.99. The molecular formula is C22H28N2OS. The molecular weight excluding hydrogens is 340 g/mol. The first-order valence-electron chi connectivity index (χ1n) is 9.13. The van der Waals surface area contributed by atoms with Crippen molar-refractivity contribution in [3.05, 3.63) is 64.7 Å². The van der Waals surface area contributed by atoms with Crippen LogP contribution < -0.4 is 5.32 Å². The molecule has 1 saturated heterocycles. The lowest BCUT2D eigenvalue weighted by molar-refractivity contribution is 0.214. The van der Waals surface area contributed by atoms with Gasteiger partial charge in [-0.05, 0) is 41.5 Å². The third-order valence-electron chi connectivity index (χ3n) is 4.93. The standard InChI is InChI=1S/C22H28N2OS/c1-15-7-6-8-16(2)19(15)23-21(25)24-13-14-26-20(24)17-9-11-18(12-10-17)22(3,4)5/h6-12,20H,13-14H2,1-5H3,(H,23,25)/t20-/m1/s1. The molecule has 0 aromatic heterocycles. The lowest BCUT2D eigenvalue weighted by Crippen LogP contribution is -2.34. The van der Waals surface area contributed by atoms with Gasteiger partial charge in [0.25, 0.3) is 0 Å². The zero-order chi connectivity index (χ0) is 18.9. The average molecular weight is 369 g/mol. The van der Waals surface area contributed by atoms with E-state index in [1.165, 1.54) is 11.1 Å². The normalized spacial score (nSPS) is 17.4. The largest absolute Gasteiger partial charge is 0.323 e. The minimum Gasteiger partial charge on any atom is -0.308 e. The van der Waals surface area contributed by atoms with E-state index in [1.807, 2.05) is 48.7 Å².